The zero-order valence-electron chi connectivity index (χ0n) is 20.2. The SMILES string of the molecule is CCN(CC)S(=O)(=O)c1c(C)nn(-c2nc(CN3CCOCC3)nc3sc(C)c(C)c23)c1C. The number of hydrogen-bond acceptors (Lipinski definition) is 8. The second kappa shape index (κ2) is 9.38. The first-order valence-corrected chi connectivity index (χ1v) is 13.6. The molecule has 33 heavy (non-hydrogen) atoms. The van der Waals surface area contributed by atoms with E-state index in [1.807, 2.05) is 13.8 Å². The van der Waals surface area contributed by atoms with Crippen molar-refractivity contribution in [2.45, 2.75) is 53.0 Å². The predicted octanol–water partition coefficient (Wildman–Crippen LogP) is 2.97. The summed E-state index contributed by atoms with van der Waals surface area (Å²) >= 11 is 1.64. The van der Waals surface area contributed by atoms with Gasteiger partial charge >= 0.3 is 0 Å². The van der Waals surface area contributed by atoms with Gasteiger partial charge in [-0.15, -0.1) is 11.3 Å². The first kappa shape index (κ1) is 24.2. The third-order valence-corrected chi connectivity index (χ3v) is 9.66. The molecule has 3 aromatic rings. The topological polar surface area (TPSA) is 93.5 Å². The summed E-state index contributed by atoms with van der Waals surface area (Å²) < 4.78 is 35.4. The Hall–Kier alpha value is -1.92. The van der Waals surface area contributed by atoms with Gasteiger partial charge in [-0.2, -0.15) is 9.40 Å². The molecule has 4 heterocycles. The molecule has 0 N–H and O–H groups in total. The van der Waals surface area contributed by atoms with E-state index in [2.05, 4.69) is 23.8 Å². The molecule has 11 heteroatoms. The fourth-order valence-corrected chi connectivity index (χ4v) is 7.21. The molecular weight excluding hydrogens is 460 g/mol. The molecule has 0 bridgehead atoms. The molecule has 0 radical (unpaired) electrons. The summed E-state index contributed by atoms with van der Waals surface area (Å²) in [5.74, 6) is 1.35. The van der Waals surface area contributed by atoms with E-state index < -0.39 is 10.0 Å². The van der Waals surface area contributed by atoms with E-state index in [1.165, 1.54) is 9.18 Å². The van der Waals surface area contributed by atoms with Crippen LogP contribution in [0.5, 0.6) is 0 Å². The number of aromatic nitrogens is 4. The van der Waals surface area contributed by atoms with Gasteiger partial charge in [0.05, 0.1) is 36.5 Å². The van der Waals surface area contributed by atoms with Crippen LogP contribution in [0.1, 0.15) is 41.5 Å². The standard InChI is InChI=1S/C22H32N6O3S2/c1-7-27(8-2)33(29,30)20-15(4)25-28(16(20)5)21-19-14(3)17(6)32-22(19)24-18(23-21)13-26-9-11-31-12-10-26/h7-13H2,1-6H3. The molecule has 0 amide bonds. The van der Waals surface area contributed by atoms with Crippen LogP contribution in [-0.4, -0.2) is 76.8 Å². The highest BCUT2D eigenvalue weighted by molar-refractivity contribution is 7.89. The maximum atomic E-state index is 13.4. The monoisotopic (exact) mass is 492 g/mol. The number of nitrogens with zero attached hydrogens (tertiary/aromatic N) is 6. The number of ether oxygens (including phenoxy) is 1. The smallest absolute Gasteiger partial charge is 0.246 e. The summed E-state index contributed by atoms with van der Waals surface area (Å²) in [7, 11) is -3.65. The lowest BCUT2D eigenvalue weighted by Crippen LogP contribution is -2.36. The number of thiophene rings is 1. The van der Waals surface area contributed by atoms with Crippen molar-refractivity contribution in [2.24, 2.45) is 0 Å². The normalized spacial score (nSPS) is 15.7. The van der Waals surface area contributed by atoms with Crippen LogP contribution >= 0.6 is 11.3 Å². The van der Waals surface area contributed by atoms with Crippen LogP contribution in [0.4, 0.5) is 0 Å². The lowest BCUT2D eigenvalue weighted by atomic mass is 10.2. The van der Waals surface area contributed by atoms with Crippen LogP contribution in [0.2, 0.25) is 0 Å². The molecule has 0 aromatic carbocycles. The Balaban J connectivity index is 1.89. The van der Waals surface area contributed by atoms with Gasteiger partial charge < -0.3 is 4.74 Å². The Morgan fingerprint density at radius 1 is 1.06 bits per heavy atom. The van der Waals surface area contributed by atoms with Crippen LogP contribution in [0.15, 0.2) is 4.90 Å². The van der Waals surface area contributed by atoms with Gasteiger partial charge in [-0.1, -0.05) is 13.8 Å². The van der Waals surface area contributed by atoms with Gasteiger partial charge in [-0.05, 0) is 33.3 Å². The van der Waals surface area contributed by atoms with Gasteiger partial charge in [-0.25, -0.2) is 23.1 Å². The molecule has 3 aromatic heterocycles. The van der Waals surface area contributed by atoms with Crippen molar-refractivity contribution in [2.75, 3.05) is 39.4 Å². The Labute approximate surface area is 199 Å². The van der Waals surface area contributed by atoms with Crippen molar-refractivity contribution < 1.29 is 13.2 Å². The molecule has 0 unspecified atom stereocenters. The maximum Gasteiger partial charge on any atom is 0.246 e. The molecule has 0 spiro atoms. The molecule has 0 atom stereocenters. The van der Waals surface area contributed by atoms with Crippen molar-refractivity contribution in [3.05, 3.63) is 27.7 Å². The molecule has 0 aliphatic carbocycles. The fourth-order valence-electron chi connectivity index (χ4n) is 4.36. The molecule has 1 aliphatic rings. The van der Waals surface area contributed by atoms with Gasteiger partial charge in [0.1, 0.15) is 15.6 Å². The Kier molecular flexibility index (Phi) is 6.88. The van der Waals surface area contributed by atoms with E-state index in [1.54, 1.807) is 29.9 Å². The molecule has 4 rings (SSSR count). The van der Waals surface area contributed by atoms with Gasteiger partial charge in [0.25, 0.3) is 0 Å². The van der Waals surface area contributed by atoms with Crippen LogP contribution in [0.3, 0.4) is 0 Å². The second-order valence-electron chi connectivity index (χ2n) is 8.32. The summed E-state index contributed by atoms with van der Waals surface area (Å²) in [5.41, 5.74) is 2.15. The van der Waals surface area contributed by atoms with E-state index >= 15 is 0 Å². The van der Waals surface area contributed by atoms with Crippen molar-refractivity contribution in [1.82, 2.24) is 29.0 Å². The number of sulfonamides is 1. The third kappa shape index (κ3) is 4.32. The lowest BCUT2D eigenvalue weighted by Gasteiger charge is -2.25. The second-order valence-corrected chi connectivity index (χ2v) is 11.4. The summed E-state index contributed by atoms with van der Waals surface area (Å²) in [6.45, 7) is 15.9. The van der Waals surface area contributed by atoms with E-state index in [-0.39, 0.29) is 4.90 Å². The minimum Gasteiger partial charge on any atom is -0.379 e. The zero-order chi connectivity index (χ0) is 23.9. The van der Waals surface area contributed by atoms with Crippen molar-refractivity contribution >= 4 is 31.6 Å². The number of rotatable bonds is 7. The van der Waals surface area contributed by atoms with E-state index in [9.17, 15) is 8.42 Å². The quantitative estimate of drug-likeness (QED) is 0.500. The Morgan fingerprint density at radius 2 is 1.73 bits per heavy atom. The van der Waals surface area contributed by atoms with Crippen LogP contribution < -0.4 is 0 Å². The van der Waals surface area contributed by atoms with Gasteiger partial charge in [0.2, 0.25) is 10.0 Å². The first-order chi connectivity index (χ1) is 15.7. The average molecular weight is 493 g/mol. The molecule has 180 valence electrons. The van der Waals surface area contributed by atoms with Gasteiger partial charge in [0.15, 0.2) is 5.82 Å². The number of fused-ring (bicyclic) bond motifs is 1. The highest BCUT2D eigenvalue weighted by Gasteiger charge is 2.31. The minimum atomic E-state index is -3.65. The Bertz CT molecular complexity index is 1270. The Morgan fingerprint density at radius 3 is 2.36 bits per heavy atom. The zero-order valence-corrected chi connectivity index (χ0v) is 21.8. The van der Waals surface area contributed by atoms with Crippen molar-refractivity contribution in [3.8, 4) is 5.82 Å². The van der Waals surface area contributed by atoms with Gasteiger partial charge in [-0.3, -0.25) is 4.90 Å². The molecule has 1 saturated heterocycles. The average Bonchev–Trinajstić information content (AvgIpc) is 3.23. The number of aryl methyl sites for hydroxylation is 3. The number of morpholine rings is 1. The van der Waals surface area contributed by atoms with Crippen molar-refractivity contribution in [1.29, 1.82) is 0 Å². The molecular formula is C22H32N6O3S2. The highest BCUT2D eigenvalue weighted by Crippen LogP contribution is 2.34. The third-order valence-electron chi connectivity index (χ3n) is 6.25. The summed E-state index contributed by atoms with van der Waals surface area (Å²) in [6, 6.07) is 0. The molecule has 1 fully saturated rings. The number of hydrogen-bond donors (Lipinski definition) is 0. The van der Waals surface area contributed by atoms with Crippen LogP contribution in [0.25, 0.3) is 16.0 Å². The van der Waals surface area contributed by atoms with Crippen LogP contribution in [0, 0.1) is 27.7 Å². The lowest BCUT2D eigenvalue weighted by molar-refractivity contribution is 0.0331. The first-order valence-electron chi connectivity index (χ1n) is 11.3. The predicted molar refractivity (Wildman–Crippen MR) is 130 cm³/mol. The summed E-state index contributed by atoms with van der Waals surface area (Å²) in [6.07, 6.45) is 0. The van der Waals surface area contributed by atoms with Crippen LogP contribution in [-0.2, 0) is 21.3 Å². The minimum absolute atomic E-state index is 0.261. The summed E-state index contributed by atoms with van der Waals surface area (Å²) in [5, 5.41) is 5.61. The largest absolute Gasteiger partial charge is 0.379 e. The maximum absolute atomic E-state index is 13.4. The van der Waals surface area contributed by atoms with E-state index in [4.69, 9.17) is 14.7 Å². The fraction of sp³-hybridized carbons (Fsp3) is 0.591. The molecule has 9 nitrogen and oxygen atoms in total. The molecule has 1 aliphatic heterocycles. The van der Waals surface area contributed by atoms with Crippen molar-refractivity contribution in [3.63, 3.8) is 0 Å². The summed E-state index contributed by atoms with van der Waals surface area (Å²) in [4.78, 5) is 14.4. The van der Waals surface area contributed by atoms with E-state index in [0.717, 1.165) is 28.9 Å². The molecule has 0 saturated carbocycles. The van der Waals surface area contributed by atoms with E-state index in [0.29, 0.717) is 55.9 Å². The van der Waals surface area contributed by atoms with Gasteiger partial charge in [0, 0.05) is 31.1 Å². The highest BCUT2D eigenvalue weighted by atomic mass is 32.2.